The summed E-state index contributed by atoms with van der Waals surface area (Å²) < 4.78 is 0. The molecule has 0 aliphatic heterocycles. The van der Waals surface area contributed by atoms with Crippen LogP contribution in [-0.2, 0) is 17.6 Å². The number of aromatic amines is 1. The van der Waals surface area contributed by atoms with Crippen molar-refractivity contribution in [2.75, 3.05) is 0 Å². The molecule has 0 saturated heterocycles. The zero-order valence-electron chi connectivity index (χ0n) is 16.4. The minimum Gasteiger partial charge on any atom is -0.349 e. The van der Waals surface area contributed by atoms with E-state index in [1.807, 2.05) is 54.6 Å². The number of carbonyl (C=O) groups is 1. The smallest absolute Gasteiger partial charge is 0.272 e. The van der Waals surface area contributed by atoms with Gasteiger partial charge in [-0.3, -0.25) is 9.59 Å². The fourth-order valence-electron chi connectivity index (χ4n) is 4.25. The Kier molecular flexibility index (Phi) is 4.64. The van der Waals surface area contributed by atoms with E-state index < -0.39 is 0 Å². The van der Waals surface area contributed by atoms with Crippen LogP contribution in [0.1, 0.15) is 29.2 Å². The molecule has 1 aromatic heterocycles. The van der Waals surface area contributed by atoms with Crippen molar-refractivity contribution in [1.82, 2.24) is 15.5 Å². The van der Waals surface area contributed by atoms with Gasteiger partial charge in [-0.1, -0.05) is 66.7 Å². The van der Waals surface area contributed by atoms with E-state index in [1.54, 1.807) is 6.07 Å². The molecule has 0 saturated carbocycles. The molecule has 0 spiro atoms. The van der Waals surface area contributed by atoms with Gasteiger partial charge in [0.2, 0.25) is 5.91 Å². The number of nitrogens with zero attached hydrogens (tertiary/aromatic N) is 1. The Balaban J connectivity index is 1.32. The van der Waals surface area contributed by atoms with Crippen LogP contribution in [0.5, 0.6) is 0 Å². The molecule has 1 unspecified atom stereocenters. The summed E-state index contributed by atoms with van der Waals surface area (Å²) in [6.07, 6.45) is 2.30. The summed E-state index contributed by atoms with van der Waals surface area (Å²) in [6.45, 7) is 0. The monoisotopic (exact) mass is 395 g/mol. The van der Waals surface area contributed by atoms with Gasteiger partial charge >= 0.3 is 0 Å². The summed E-state index contributed by atoms with van der Waals surface area (Å²) in [5.74, 6) is 0.0251. The largest absolute Gasteiger partial charge is 0.349 e. The molecule has 1 atom stereocenters. The van der Waals surface area contributed by atoms with Crippen LogP contribution in [0.2, 0.25) is 0 Å². The molecule has 1 amide bonds. The number of hydrogen-bond donors (Lipinski definition) is 2. The molecule has 30 heavy (non-hydrogen) atoms. The molecule has 0 bridgehead atoms. The quantitative estimate of drug-likeness (QED) is 0.550. The van der Waals surface area contributed by atoms with Crippen molar-refractivity contribution in [3.05, 3.63) is 99.8 Å². The van der Waals surface area contributed by atoms with Crippen molar-refractivity contribution in [1.29, 1.82) is 0 Å². The van der Waals surface area contributed by atoms with Crippen LogP contribution in [0.15, 0.2) is 77.6 Å². The summed E-state index contributed by atoms with van der Waals surface area (Å²) in [5.41, 5.74) is 4.93. The number of nitrogens with one attached hydrogen (secondary N) is 2. The van der Waals surface area contributed by atoms with E-state index in [9.17, 15) is 9.59 Å². The molecule has 1 aliphatic carbocycles. The highest BCUT2D eigenvalue weighted by Gasteiger charge is 2.23. The minimum absolute atomic E-state index is 0.0251. The molecule has 5 nitrogen and oxygen atoms in total. The highest BCUT2D eigenvalue weighted by atomic mass is 16.1. The van der Waals surface area contributed by atoms with E-state index in [0.717, 1.165) is 35.0 Å². The van der Waals surface area contributed by atoms with Gasteiger partial charge in [0.05, 0.1) is 23.5 Å². The molecule has 5 heteroatoms. The molecule has 1 aliphatic rings. The summed E-state index contributed by atoms with van der Waals surface area (Å²) in [4.78, 5) is 24.6. The lowest BCUT2D eigenvalue weighted by Crippen LogP contribution is -2.28. The van der Waals surface area contributed by atoms with Crippen LogP contribution < -0.4 is 10.9 Å². The first-order valence-electron chi connectivity index (χ1n) is 10.1. The van der Waals surface area contributed by atoms with Gasteiger partial charge < -0.3 is 5.32 Å². The van der Waals surface area contributed by atoms with Gasteiger partial charge in [-0.25, -0.2) is 5.10 Å². The second-order valence-electron chi connectivity index (χ2n) is 7.68. The van der Waals surface area contributed by atoms with Gasteiger partial charge in [0.1, 0.15) is 0 Å². The van der Waals surface area contributed by atoms with E-state index in [2.05, 4.69) is 27.6 Å². The number of fused-ring (bicyclic) bond motifs is 2. The molecular formula is C25H21N3O2. The highest BCUT2D eigenvalue weighted by Crippen LogP contribution is 2.30. The van der Waals surface area contributed by atoms with E-state index in [0.29, 0.717) is 11.8 Å². The second kappa shape index (κ2) is 7.59. The number of H-pyrrole nitrogens is 1. The SMILES string of the molecule is O=C(Cc1ccc(-c2n[nH]c(=O)c3ccccc23)cc1)NC1CCc2ccccc21. The number of carbonyl (C=O) groups excluding carboxylic acids is 1. The number of amides is 1. The first kappa shape index (κ1) is 18.3. The molecule has 4 aromatic rings. The zero-order valence-corrected chi connectivity index (χ0v) is 16.4. The maximum atomic E-state index is 12.6. The Bertz CT molecular complexity index is 1290. The van der Waals surface area contributed by atoms with Crippen LogP contribution in [0.3, 0.4) is 0 Å². The molecule has 1 heterocycles. The minimum atomic E-state index is -0.198. The van der Waals surface area contributed by atoms with Gasteiger partial charge in [-0.15, -0.1) is 0 Å². The average Bonchev–Trinajstić information content (AvgIpc) is 3.18. The Morgan fingerprint density at radius 3 is 2.53 bits per heavy atom. The molecule has 148 valence electrons. The lowest BCUT2D eigenvalue weighted by Gasteiger charge is -2.14. The third-order valence-corrected chi connectivity index (χ3v) is 5.76. The van der Waals surface area contributed by atoms with Crippen molar-refractivity contribution in [3.8, 4) is 11.3 Å². The van der Waals surface area contributed by atoms with Gasteiger partial charge in [0.15, 0.2) is 0 Å². The maximum Gasteiger partial charge on any atom is 0.272 e. The lowest BCUT2D eigenvalue weighted by molar-refractivity contribution is -0.121. The Hall–Kier alpha value is -3.73. The van der Waals surface area contributed by atoms with Crippen LogP contribution >= 0.6 is 0 Å². The number of aryl methyl sites for hydroxylation is 1. The standard InChI is InChI=1S/C25H21N3O2/c29-23(26-22-14-13-17-5-1-2-6-19(17)22)15-16-9-11-18(12-10-16)24-20-7-3-4-8-21(20)25(30)28-27-24/h1-12,22H,13-15H2,(H,26,29)(H,28,30). The number of aromatic nitrogens is 2. The normalized spacial score (nSPS) is 15.1. The van der Waals surface area contributed by atoms with Gasteiger partial charge in [0, 0.05) is 10.9 Å². The fourth-order valence-corrected chi connectivity index (χ4v) is 4.25. The Morgan fingerprint density at radius 2 is 1.70 bits per heavy atom. The summed E-state index contributed by atoms with van der Waals surface area (Å²) in [5, 5.41) is 11.4. The maximum absolute atomic E-state index is 12.6. The predicted octanol–water partition coefficient (Wildman–Crippen LogP) is 3.94. The molecule has 3 aromatic carbocycles. The first-order valence-corrected chi connectivity index (χ1v) is 10.1. The Morgan fingerprint density at radius 1 is 0.967 bits per heavy atom. The second-order valence-corrected chi connectivity index (χ2v) is 7.68. The predicted molar refractivity (Wildman–Crippen MR) is 117 cm³/mol. The van der Waals surface area contributed by atoms with E-state index in [1.165, 1.54) is 11.1 Å². The molecule has 0 radical (unpaired) electrons. The van der Waals surface area contributed by atoms with Crippen LogP contribution in [0.4, 0.5) is 0 Å². The average molecular weight is 395 g/mol. The summed E-state index contributed by atoms with van der Waals surface area (Å²) in [6, 6.07) is 23.6. The van der Waals surface area contributed by atoms with Gasteiger partial charge in [0.25, 0.3) is 5.56 Å². The van der Waals surface area contributed by atoms with Crippen LogP contribution in [0, 0.1) is 0 Å². The molecule has 5 rings (SSSR count). The van der Waals surface area contributed by atoms with Gasteiger partial charge in [-0.2, -0.15) is 5.10 Å². The van der Waals surface area contributed by atoms with E-state index in [4.69, 9.17) is 0 Å². The van der Waals surface area contributed by atoms with Crippen molar-refractivity contribution < 1.29 is 4.79 Å². The van der Waals surface area contributed by atoms with Crippen molar-refractivity contribution in [2.24, 2.45) is 0 Å². The number of hydrogen-bond acceptors (Lipinski definition) is 3. The summed E-state index contributed by atoms with van der Waals surface area (Å²) >= 11 is 0. The lowest BCUT2D eigenvalue weighted by atomic mass is 10.0. The van der Waals surface area contributed by atoms with Crippen molar-refractivity contribution in [2.45, 2.75) is 25.3 Å². The molecule has 0 fully saturated rings. The van der Waals surface area contributed by atoms with E-state index >= 15 is 0 Å². The van der Waals surface area contributed by atoms with Crippen molar-refractivity contribution >= 4 is 16.7 Å². The topological polar surface area (TPSA) is 74.8 Å². The van der Waals surface area contributed by atoms with Crippen molar-refractivity contribution in [3.63, 3.8) is 0 Å². The number of benzene rings is 3. The molecule has 2 N–H and O–H groups in total. The first-order chi connectivity index (χ1) is 14.7. The molecular weight excluding hydrogens is 374 g/mol. The number of rotatable bonds is 4. The van der Waals surface area contributed by atoms with Crippen LogP contribution in [0.25, 0.3) is 22.0 Å². The fraction of sp³-hybridized carbons (Fsp3) is 0.160. The third-order valence-electron chi connectivity index (χ3n) is 5.76. The Labute approximate surface area is 173 Å². The van der Waals surface area contributed by atoms with Gasteiger partial charge in [-0.05, 0) is 35.6 Å². The highest BCUT2D eigenvalue weighted by molar-refractivity contribution is 5.93. The third kappa shape index (κ3) is 3.39. The zero-order chi connectivity index (χ0) is 20.5. The van der Waals surface area contributed by atoms with E-state index in [-0.39, 0.29) is 17.5 Å². The summed E-state index contributed by atoms with van der Waals surface area (Å²) in [7, 11) is 0. The van der Waals surface area contributed by atoms with Crippen LogP contribution in [-0.4, -0.2) is 16.1 Å².